The highest BCUT2D eigenvalue weighted by atomic mass is 127. The second kappa shape index (κ2) is 10.0. The van der Waals surface area contributed by atoms with Gasteiger partial charge in [-0.2, -0.15) is 5.10 Å². The third kappa shape index (κ3) is 5.73. The zero-order valence-electron chi connectivity index (χ0n) is 13.9. The van der Waals surface area contributed by atoms with Crippen LogP contribution in [0.1, 0.15) is 51.8 Å². The molecule has 0 aromatic carbocycles. The SMILES string of the molecule is CCNC(=NCc1ncnn1C)NC1CCC(CC)CC1.I. The van der Waals surface area contributed by atoms with Gasteiger partial charge in [0, 0.05) is 19.6 Å². The second-order valence-corrected chi connectivity index (χ2v) is 5.77. The highest BCUT2D eigenvalue weighted by molar-refractivity contribution is 14.0. The van der Waals surface area contributed by atoms with Crippen molar-refractivity contribution in [2.75, 3.05) is 6.54 Å². The number of guanidine groups is 1. The lowest BCUT2D eigenvalue weighted by Gasteiger charge is -2.29. The largest absolute Gasteiger partial charge is 0.357 e. The average molecular weight is 420 g/mol. The van der Waals surface area contributed by atoms with Gasteiger partial charge in [-0.3, -0.25) is 4.68 Å². The molecule has 0 amide bonds. The molecule has 0 radical (unpaired) electrons. The lowest BCUT2D eigenvalue weighted by atomic mass is 9.84. The van der Waals surface area contributed by atoms with Crippen molar-refractivity contribution in [2.24, 2.45) is 18.0 Å². The van der Waals surface area contributed by atoms with Gasteiger partial charge in [0.25, 0.3) is 0 Å². The molecule has 1 aliphatic rings. The zero-order chi connectivity index (χ0) is 15.1. The van der Waals surface area contributed by atoms with Gasteiger partial charge in [0.05, 0.1) is 0 Å². The molecule has 0 atom stereocenters. The van der Waals surface area contributed by atoms with E-state index in [2.05, 4.69) is 39.6 Å². The van der Waals surface area contributed by atoms with E-state index in [1.54, 1.807) is 11.0 Å². The molecule has 22 heavy (non-hydrogen) atoms. The maximum atomic E-state index is 4.62. The summed E-state index contributed by atoms with van der Waals surface area (Å²) in [6, 6.07) is 0.546. The van der Waals surface area contributed by atoms with E-state index in [9.17, 15) is 0 Å². The molecule has 126 valence electrons. The topological polar surface area (TPSA) is 67.1 Å². The van der Waals surface area contributed by atoms with Crippen molar-refractivity contribution < 1.29 is 0 Å². The van der Waals surface area contributed by atoms with E-state index in [-0.39, 0.29) is 24.0 Å². The Morgan fingerprint density at radius 1 is 1.32 bits per heavy atom. The van der Waals surface area contributed by atoms with E-state index in [4.69, 9.17) is 0 Å². The van der Waals surface area contributed by atoms with E-state index in [1.807, 2.05) is 7.05 Å². The minimum atomic E-state index is 0. The number of aryl methyl sites for hydroxylation is 1. The summed E-state index contributed by atoms with van der Waals surface area (Å²) in [4.78, 5) is 8.83. The third-order valence-corrected chi connectivity index (χ3v) is 4.29. The molecule has 1 aliphatic carbocycles. The Bertz CT molecular complexity index is 451. The predicted molar refractivity (Wildman–Crippen MR) is 100 cm³/mol. The Morgan fingerprint density at radius 3 is 2.59 bits per heavy atom. The molecule has 2 N–H and O–H groups in total. The first-order chi connectivity index (χ1) is 10.2. The van der Waals surface area contributed by atoms with Crippen molar-refractivity contribution >= 4 is 29.9 Å². The van der Waals surface area contributed by atoms with Gasteiger partial charge in [-0.05, 0) is 38.5 Å². The Hall–Kier alpha value is -0.860. The molecule has 7 heteroatoms. The summed E-state index contributed by atoms with van der Waals surface area (Å²) in [5.41, 5.74) is 0. The van der Waals surface area contributed by atoms with Gasteiger partial charge in [-0.15, -0.1) is 24.0 Å². The molecule has 6 nitrogen and oxygen atoms in total. The number of nitrogens with one attached hydrogen (secondary N) is 2. The standard InChI is InChI=1S/C15H28N6.HI/c1-4-12-6-8-13(9-7-12)20-15(16-5-2)17-10-14-18-11-19-21(14)3;/h11-13H,4-10H2,1-3H3,(H2,16,17,20);1H. The highest BCUT2D eigenvalue weighted by Crippen LogP contribution is 2.26. The predicted octanol–water partition coefficient (Wildman–Crippen LogP) is 2.46. The van der Waals surface area contributed by atoms with Crippen molar-refractivity contribution in [2.45, 2.75) is 58.5 Å². The summed E-state index contributed by atoms with van der Waals surface area (Å²) in [7, 11) is 1.89. The summed E-state index contributed by atoms with van der Waals surface area (Å²) in [5, 5.41) is 11.0. The van der Waals surface area contributed by atoms with Crippen LogP contribution in [-0.4, -0.2) is 33.3 Å². The molecule has 0 spiro atoms. The first-order valence-electron chi connectivity index (χ1n) is 8.10. The van der Waals surface area contributed by atoms with Crippen LogP contribution in [0.2, 0.25) is 0 Å². The van der Waals surface area contributed by atoms with Gasteiger partial charge < -0.3 is 10.6 Å². The number of hydrogen-bond acceptors (Lipinski definition) is 3. The molecule has 1 heterocycles. The molecular formula is C15H29IN6. The highest BCUT2D eigenvalue weighted by Gasteiger charge is 2.20. The molecule has 0 unspecified atom stereocenters. The number of hydrogen-bond donors (Lipinski definition) is 2. The third-order valence-electron chi connectivity index (χ3n) is 4.29. The molecule has 1 aromatic heterocycles. The van der Waals surface area contributed by atoms with Gasteiger partial charge in [0.2, 0.25) is 0 Å². The average Bonchev–Trinajstić information content (AvgIpc) is 2.91. The van der Waals surface area contributed by atoms with Crippen LogP contribution in [0.3, 0.4) is 0 Å². The van der Waals surface area contributed by atoms with E-state index in [0.29, 0.717) is 12.6 Å². The summed E-state index contributed by atoms with van der Waals surface area (Å²) in [6.45, 7) is 5.81. The Kier molecular flexibility index (Phi) is 8.74. The molecule has 0 bridgehead atoms. The fourth-order valence-electron chi connectivity index (χ4n) is 2.84. The van der Waals surface area contributed by atoms with Crippen molar-refractivity contribution in [1.82, 2.24) is 25.4 Å². The quantitative estimate of drug-likeness (QED) is 0.436. The molecule has 0 aliphatic heterocycles. The van der Waals surface area contributed by atoms with Crippen LogP contribution in [0.25, 0.3) is 0 Å². The fraction of sp³-hybridized carbons (Fsp3) is 0.800. The molecule has 1 fully saturated rings. The van der Waals surface area contributed by atoms with Gasteiger partial charge >= 0.3 is 0 Å². The molecular weight excluding hydrogens is 391 g/mol. The van der Waals surface area contributed by atoms with Gasteiger partial charge in [-0.25, -0.2) is 9.98 Å². The molecule has 1 aromatic rings. The summed E-state index contributed by atoms with van der Waals surface area (Å²) in [6.07, 6.45) is 8.03. The maximum Gasteiger partial charge on any atom is 0.191 e. The molecule has 0 saturated heterocycles. The van der Waals surface area contributed by atoms with E-state index in [1.165, 1.54) is 32.1 Å². The monoisotopic (exact) mass is 420 g/mol. The maximum absolute atomic E-state index is 4.62. The summed E-state index contributed by atoms with van der Waals surface area (Å²) in [5.74, 6) is 2.68. The second-order valence-electron chi connectivity index (χ2n) is 5.77. The van der Waals surface area contributed by atoms with Crippen LogP contribution >= 0.6 is 24.0 Å². The van der Waals surface area contributed by atoms with Crippen molar-refractivity contribution in [3.63, 3.8) is 0 Å². The first-order valence-corrected chi connectivity index (χ1v) is 8.10. The number of nitrogens with zero attached hydrogens (tertiary/aromatic N) is 4. The lowest BCUT2D eigenvalue weighted by molar-refractivity contribution is 0.304. The van der Waals surface area contributed by atoms with Crippen molar-refractivity contribution in [1.29, 1.82) is 0 Å². The van der Waals surface area contributed by atoms with Crippen LogP contribution in [0.15, 0.2) is 11.3 Å². The van der Waals surface area contributed by atoms with E-state index >= 15 is 0 Å². The number of aliphatic imine (C=N–C) groups is 1. The first kappa shape index (κ1) is 19.2. The normalized spacial score (nSPS) is 22.0. The number of rotatable bonds is 5. The Balaban J connectivity index is 0.00000242. The van der Waals surface area contributed by atoms with Gasteiger partial charge in [0.1, 0.15) is 18.7 Å². The number of halogens is 1. The van der Waals surface area contributed by atoms with Crippen LogP contribution in [0.5, 0.6) is 0 Å². The molecule has 1 saturated carbocycles. The lowest BCUT2D eigenvalue weighted by Crippen LogP contribution is -2.44. The molecule has 2 rings (SSSR count). The smallest absolute Gasteiger partial charge is 0.191 e. The zero-order valence-corrected chi connectivity index (χ0v) is 16.2. The van der Waals surface area contributed by atoms with Gasteiger partial charge in [-0.1, -0.05) is 13.3 Å². The Morgan fingerprint density at radius 2 is 2.05 bits per heavy atom. The van der Waals surface area contributed by atoms with Crippen LogP contribution in [0.4, 0.5) is 0 Å². The van der Waals surface area contributed by atoms with Crippen LogP contribution < -0.4 is 10.6 Å². The fourth-order valence-corrected chi connectivity index (χ4v) is 2.84. The van der Waals surface area contributed by atoms with E-state index < -0.39 is 0 Å². The van der Waals surface area contributed by atoms with E-state index in [0.717, 1.165) is 24.2 Å². The minimum absolute atomic E-state index is 0. The van der Waals surface area contributed by atoms with Crippen LogP contribution in [0, 0.1) is 5.92 Å². The Labute approximate surface area is 150 Å². The number of aromatic nitrogens is 3. The van der Waals surface area contributed by atoms with Crippen molar-refractivity contribution in [3.8, 4) is 0 Å². The minimum Gasteiger partial charge on any atom is -0.357 e. The van der Waals surface area contributed by atoms with Gasteiger partial charge in [0.15, 0.2) is 5.96 Å². The summed E-state index contributed by atoms with van der Waals surface area (Å²) >= 11 is 0. The summed E-state index contributed by atoms with van der Waals surface area (Å²) < 4.78 is 1.76. The van der Waals surface area contributed by atoms with Crippen LogP contribution in [-0.2, 0) is 13.6 Å². The van der Waals surface area contributed by atoms with Crippen molar-refractivity contribution in [3.05, 3.63) is 12.2 Å².